The summed E-state index contributed by atoms with van der Waals surface area (Å²) in [4.78, 5) is 4.08. The molecule has 0 fully saturated rings. The molecule has 0 saturated carbocycles. The fraction of sp³-hybridized carbons (Fsp3) is 0.154. The third-order valence-electron chi connectivity index (χ3n) is 2.47. The maximum Gasteiger partial charge on any atom is 0.119 e. The van der Waals surface area contributed by atoms with Crippen LogP contribution in [0.2, 0.25) is 0 Å². The number of methoxy groups -OCH3 is 1. The lowest BCUT2D eigenvalue weighted by Crippen LogP contribution is -1.97. The summed E-state index contributed by atoms with van der Waals surface area (Å²) in [5.74, 6) is 0.827. The average molecular weight is 214 g/mol. The number of nitrogen functional groups attached to an aromatic ring is 1. The van der Waals surface area contributed by atoms with Gasteiger partial charge in [0, 0.05) is 24.5 Å². The number of nitrogens with two attached hydrogens (primary N) is 1. The highest BCUT2D eigenvalue weighted by Crippen LogP contribution is 2.21. The Labute approximate surface area is 94.9 Å². The number of rotatable bonds is 3. The molecular formula is C13H14N2O. The van der Waals surface area contributed by atoms with Gasteiger partial charge in [0.25, 0.3) is 0 Å². The van der Waals surface area contributed by atoms with E-state index in [-0.39, 0.29) is 0 Å². The molecule has 0 radical (unpaired) electrons. The van der Waals surface area contributed by atoms with E-state index in [0.717, 1.165) is 29.0 Å². The van der Waals surface area contributed by atoms with Crippen LogP contribution in [-0.2, 0) is 6.42 Å². The number of benzene rings is 1. The quantitative estimate of drug-likeness (QED) is 0.797. The van der Waals surface area contributed by atoms with E-state index < -0.39 is 0 Å². The maximum atomic E-state index is 5.92. The van der Waals surface area contributed by atoms with Crippen molar-refractivity contribution in [2.24, 2.45) is 0 Å². The predicted molar refractivity (Wildman–Crippen MR) is 64.4 cm³/mol. The smallest absolute Gasteiger partial charge is 0.119 e. The average Bonchev–Trinajstić information content (AvgIpc) is 2.33. The van der Waals surface area contributed by atoms with Gasteiger partial charge >= 0.3 is 0 Å². The summed E-state index contributed by atoms with van der Waals surface area (Å²) in [6, 6.07) is 9.65. The van der Waals surface area contributed by atoms with Gasteiger partial charge in [0.1, 0.15) is 5.75 Å². The Balaban J connectivity index is 2.27. The Morgan fingerprint density at radius 3 is 2.88 bits per heavy atom. The molecule has 1 aromatic carbocycles. The summed E-state index contributed by atoms with van der Waals surface area (Å²) >= 11 is 0. The van der Waals surface area contributed by atoms with Gasteiger partial charge in [-0.15, -0.1) is 0 Å². The van der Waals surface area contributed by atoms with Gasteiger partial charge in [0.05, 0.1) is 7.11 Å². The van der Waals surface area contributed by atoms with E-state index in [1.807, 2.05) is 36.5 Å². The van der Waals surface area contributed by atoms with Gasteiger partial charge in [-0.3, -0.25) is 4.98 Å². The van der Waals surface area contributed by atoms with E-state index in [4.69, 9.17) is 10.5 Å². The van der Waals surface area contributed by atoms with Gasteiger partial charge in [-0.2, -0.15) is 0 Å². The lowest BCUT2D eigenvalue weighted by molar-refractivity contribution is 0.414. The summed E-state index contributed by atoms with van der Waals surface area (Å²) in [5, 5.41) is 0. The zero-order valence-corrected chi connectivity index (χ0v) is 9.18. The van der Waals surface area contributed by atoms with Crippen molar-refractivity contribution in [3.05, 3.63) is 53.9 Å². The van der Waals surface area contributed by atoms with Crippen molar-refractivity contribution in [2.45, 2.75) is 6.42 Å². The summed E-state index contributed by atoms with van der Waals surface area (Å²) in [5.41, 5.74) is 8.90. The molecule has 0 amide bonds. The van der Waals surface area contributed by atoms with Crippen molar-refractivity contribution in [1.82, 2.24) is 4.98 Å². The van der Waals surface area contributed by atoms with Crippen LogP contribution in [0, 0.1) is 0 Å². The monoisotopic (exact) mass is 214 g/mol. The largest absolute Gasteiger partial charge is 0.497 e. The van der Waals surface area contributed by atoms with Crippen molar-refractivity contribution >= 4 is 5.69 Å². The Morgan fingerprint density at radius 2 is 2.19 bits per heavy atom. The fourth-order valence-corrected chi connectivity index (χ4v) is 1.58. The molecule has 0 atom stereocenters. The molecule has 2 N–H and O–H groups in total. The number of nitrogens with zero attached hydrogens (tertiary/aromatic N) is 1. The van der Waals surface area contributed by atoms with Crippen LogP contribution in [0.1, 0.15) is 11.1 Å². The van der Waals surface area contributed by atoms with Crippen molar-refractivity contribution in [3.8, 4) is 5.75 Å². The molecule has 1 aromatic heterocycles. The molecule has 82 valence electrons. The Hall–Kier alpha value is -2.03. The minimum atomic E-state index is 0.775. The molecule has 3 nitrogen and oxygen atoms in total. The van der Waals surface area contributed by atoms with Gasteiger partial charge in [0.15, 0.2) is 0 Å². The van der Waals surface area contributed by atoms with Crippen molar-refractivity contribution in [2.75, 3.05) is 12.8 Å². The number of pyridine rings is 1. The molecule has 0 aliphatic heterocycles. The normalized spacial score (nSPS) is 10.1. The van der Waals surface area contributed by atoms with Crippen molar-refractivity contribution < 1.29 is 4.74 Å². The lowest BCUT2D eigenvalue weighted by Gasteiger charge is -2.07. The molecule has 16 heavy (non-hydrogen) atoms. The van der Waals surface area contributed by atoms with Crippen LogP contribution in [0.15, 0.2) is 42.7 Å². The summed E-state index contributed by atoms with van der Waals surface area (Å²) in [6.07, 6.45) is 4.38. The maximum absolute atomic E-state index is 5.92. The minimum absolute atomic E-state index is 0.775. The second-order valence-corrected chi connectivity index (χ2v) is 3.60. The summed E-state index contributed by atoms with van der Waals surface area (Å²) in [7, 11) is 1.65. The molecule has 0 saturated heterocycles. The Bertz CT molecular complexity index is 469. The second kappa shape index (κ2) is 4.66. The third-order valence-corrected chi connectivity index (χ3v) is 2.47. The fourth-order valence-electron chi connectivity index (χ4n) is 1.58. The van der Waals surface area contributed by atoms with Crippen LogP contribution in [0.25, 0.3) is 0 Å². The molecular weight excluding hydrogens is 200 g/mol. The minimum Gasteiger partial charge on any atom is -0.497 e. The first-order valence-electron chi connectivity index (χ1n) is 5.11. The number of hydrogen-bond acceptors (Lipinski definition) is 3. The highest BCUT2D eigenvalue weighted by Gasteiger charge is 2.02. The number of aromatic nitrogens is 1. The van der Waals surface area contributed by atoms with Crippen LogP contribution < -0.4 is 10.5 Å². The molecule has 2 rings (SSSR count). The van der Waals surface area contributed by atoms with Gasteiger partial charge in [-0.05, 0) is 35.4 Å². The molecule has 2 aromatic rings. The summed E-state index contributed by atoms with van der Waals surface area (Å²) in [6.45, 7) is 0. The van der Waals surface area contributed by atoms with Crippen LogP contribution >= 0.6 is 0 Å². The van der Waals surface area contributed by atoms with Crippen LogP contribution in [0.3, 0.4) is 0 Å². The molecule has 3 heteroatoms. The molecule has 0 unspecified atom stereocenters. The number of hydrogen-bond donors (Lipinski definition) is 1. The van der Waals surface area contributed by atoms with Gasteiger partial charge in [-0.1, -0.05) is 6.07 Å². The first-order valence-corrected chi connectivity index (χ1v) is 5.11. The highest BCUT2D eigenvalue weighted by atomic mass is 16.5. The number of anilines is 1. The van der Waals surface area contributed by atoms with E-state index in [1.165, 1.54) is 0 Å². The Kier molecular flexibility index (Phi) is 3.05. The topological polar surface area (TPSA) is 48.1 Å². The standard InChI is InChI=1S/C13H14N2O/c1-16-12-4-5-13(14)11(8-12)7-10-3-2-6-15-9-10/h2-6,8-9H,7,14H2,1H3. The van der Waals surface area contributed by atoms with Crippen molar-refractivity contribution in [3.63, 3.8) is 0 Å². The molecule has 0 aliphatic rings. The van der Waals surface area contributed by atoms with Crippen LogP contribution in [0.4, 0.5) is 5.69 Å². The van der Waals surface area contributed by atoms with Gasteiger partial charge in [-0.25, -0.2) is 0 Å². The van der Waals surface area contributed by atoms with E-state index in [1.54, 1.807) is 13.3 Å². The first kappa shape index (κ1) is 10.5. The van der Waals surface area contributed by atoms with E-state index in [9.17, 15) is 0 Å². The molecule has 0 bridgehead atoms. The van der Waals surface area contributed by atoms with Gasteiger partial charge < -0.3 is 10.5 Å². The lowest BCUT2D eigenvalue weighted by atomic mass is 10.0. The van der Waals surface area contributed by atoms with E-state index in [0.29, 0.717) is 0 Å². The summed E-state index contributed by atoms with van der Waals surface area (Å²) < 4.78 is 5.18. The third kappa shape index (κ3) is 2.31. The van der Waals surface area contributed by atoms with Gasteiger partial charge in [0.2, 0.25) is 0 Å². The number of ether oxygens (including phenoxy) is 1. The highest BCUT2D eigenvalue weighted by molar-refractivity contribution is 5.52. The molecule has 0 aliphatic carbocycles. The first-order chi connectivity index (χ1) is 7.79. The SMILES string of the molecule is COc1ccc(N)c(Cc2cccnc2)c1. The van der Waals surface area contributed by atoms with E-state index in [2.05, 4.69) is 4.98 Å². The predicted octanol–water partition coefficient (Wildman–Crippen LogP) is 2.26. The van der Waals surface area contributed by atoms with Crippen molar-refractivity contribution in [1.29, 1.82) is 0 Å². The van der Waals surface area contributed by atoms with E-state index >= 15 is 0 Å². The zero-order valence-electron chi connectivity index (χ0n) is 9.18. The zero-order chi connectivity index (χ0) is 11.4. The Morgan fingerprint density at radius 1 is 1.31 bits per heavy atom. The van der Waals surface area contributed by atoms with Crippen LogP contribution in [-0.4, -0.2) is 12.1 Å². The molecule has 0 spiro atoms. The molecule has 1 heterocycles. The van der Waals surface area contributed by atoms with Crippen LogP contribution in [0.5, 0.6) is 5.75 Å². The second-order valence-electron chi connectivity index (χ2n) is 3.60.